The number of hydrogen-bond donors (Lipinski definition) is 1. The molecule has 2 N–H and O–H groups in total. The van der Waals surface area contributed by atoms with E-state index in [1.807, 2.05) is 48.3 Å². The summed E-state index contributed by atoms with van der Waals surface area (Å²) in [7, 11) is 2.01. The lowest BCUT2D eigenvalue weighted by molar-refractivity contribution is -0.671. The molecule has 0 radical (unpaired) electrons. The first-order valence-electron chi connectivity index (χ1n) is 4.57. The second-order valence-corrected chi connectivity index (χ2v) is 3.37. The zero-order chi connectivity index (χ0) is 9.97. The van der Waals surface area contributed by atoms with Crippen LogP contribution in [-0.2, 0) is 7.05 Å². The molecule has 0 aliphatic carbocycles. The van der Waals surface area contributed by atoms with Crippen LogP contribution < -0.4 is 34.3 Å². The van der Waals surface area contributed by atoms with Crippen LogP contribution in [0.25, 0.3) is 11.1 Å². The molecule has 0 unspecified atom stereocenters. The summed E-state index contributed by atoms with van der Waals surface area (Å²) in [6.07, 6.45) is 4.07. The van der Waals surface area contributed by atoms with Crippen LogP contribution in [0.15, 0.2) is 48.8 Å². The van der Waals surface area contributed by atoms with Gasteiger partial charge >= 0.3 is 0 Å². The first-order chi connectivity index (χ1) is 6.75. The summed E-state index contributed by atoms with van der Waals surface area (Å²) in [5.74, 6) is 0. The smallest absolute Gasteiger partial charge is 0.169 e. The monoisotopic (exact) mass is 312 g/mol. The van der Waals surface area contributed by atoms with Crippen molar-refractivity contribution in [1.29, 1.82) is 0 Å². The van der Waals surface area contributed by atoms with Gasteiger partial charge in [-0.15, -0.1) is 0 Å². The lowest BCUT2D eigenvalue weighted by Crippen LogP contribution is -3.00. The Morgan fingerprint density at radius 2 is 1.33 bits per heavy atom. The van der Waals surface area contributed by atoms with Gasteiger partial charge in [0.1, 0.15) is 7.05 Å². The molecular formula is C12H13IN2. The Kier molecular flexibility index (Phi) is 4.08. The van der Waals surface area contributed by atoms with Gasteiger partial charge in [0.25, 0.3) is 0 Å². The highest BCUT2D eigenvalue weighted by molar-refractivity contribution is 5.64. The maximum atomic E-state index is 5.62. The molecule has 2 nitrogen and oxygen atoms in total. The van der Waals surface area contributed by atoms with E-state index < -0.39 is 0 Å². The van der Waals surface area contributed by atoms with Crippen molar-refractivity contribution >= 4 is 5.69 Å². The zero-order valence-electron chi connectivity index (χ0n) is 8.52. The molecule has 0 spiro atoms. The summed E-state index contributed by atoms with van der Waals surface area (Å²) in [5.41, 5.74) is 8.83. The molecule has 2 rings (SSSR count). The highest BCUT2D eigenvalue weighted by Gasteiger charge is 1.98. The van der Waals surface area contributed by atoms with E-state index in [-0.39, 0.29) is 24.0 Å². The normalized spacial score (nSPS) is 9.40. The van der Waals surface area contributed by atoms with E-state index in [1.54, 1.807) is 0 Å². The topological polar surface area (TPSA) is 29.9 Å². The minimum atomic E-state index is 0. The van der Waals surface area contributed by atoms with E-state index in [0.717, 1.165) is 5.69 Å². The van der Waals surface area contributed by atoms with Crippen molar-refractivity contribution in [3.63, 3.8) is 0 Å². The molecule has 0 fully saturated rings. The number of nitrogens with two attached hydrogens (primary N) is 1. The quantitative estimate of drug-likeness (QED) is 0.399. The van der Waals surface area contributed by atoms with Gasteiger partial charge in [-0.1, -0.05) is 12.1 Å². The predicted octanol–water partition coefficient (Wildman–Crippen LogP) is -1.24. The van der Waals surface area contributed by atoms with Crippen molar-refractivity contribution < 1.29 is 28.5 Å². The largest absolute Gasteiger partial charge is 1.00 e. The summed E-state index contributed by atoms with van der Waals surface area (Å²) < 4.78 is 2.01. The molecule has 2 aromatic rings. The van der Waals surface area contributed by atoms with Gasteiger partial charge in [-0.2, -0.15) is 0 Å². The van der Waals surface area contributed by atoms with Crippen LogP contribution in [0.3, 0.4) is 0 Å². The average Bonchev–Trinajstić information content (AvgIpc) is 2.21. The highest BCUT2D eigenvalue weighted by Crippen LogP contribution is 2.18. The van der Waals surface area contributed by atoms with Gasteiger partial charge in [-0.3, -0.25) is 0 Å². The van der Waals surface area contributed by atoms with E-state index in [1.165, 1.54) is 11.1 Å². The summed E-state index contributed by atoms with van der Waals surface area (Å²) in [6.45, 7) is 0. The fraction of sp³-hybridized carbons (Fsp3) is 0.0833. The maximum Gasteiger partial charge on any atom is 0.169 e. The molecule has 15 heavy (non-hydrogen) atoms. The number of aryl methyl sites for hydroxylation is 1. The molecule has 0 saturated heterocycles. The minimum Gasteiger partial charge on any atom is -1.00 e. The van der Waals surface area contributed by atoms with Gasteiger partial charge in [0.15, 0.2) is 12.4 Å². The number of halogens is 1. The van der Waals surface area contributed by atoms with Crippen LogP contribution in [0.4, 0.5) is 5.69 Å². The first-order valence-corrected chi connectivity index (χ1v) is 4.57. The Labute approximate surface area is 107 Å². The van der Waals surface area contributed by atoms with Crippen molar-refractivity contribution in [3.8, 4) is 11.1 Å². The highest BCUT2D eigenvalue weighted by atomic mass is 127. The second-order valence-electron chi connectivity index (χ2n) is 3.37. The number of anilines is 1. The van der Waals surface area contributed by atoms with E-state index in [9.17, 15) is 0 Å². The molecule has 1 aromatic heterocycles. The number of nitrogen functional groups attached to an aromatic ring is 1. The predicted molar refractivity (Wildman–Crippen MR) is 57.5 cm³/mol. The molecule has 0 amide bonds. The van der Waals surface area contributed by atoms with Gasteiger partial charge in [0, 0.05) is 17.8 Å². The Hall–Kier alpha value is -1.10. The lowest BCUT2D eigenvalue weighted by atomic mass is 10.1. The average molecular weight is 312 g/mol. The van der Waals surface area contributed by atoms with Crippen molar-refractivity contribution in [1.82, 2.24) is 0 Å². The Morgan fingerprint density at radius 1 is 0.867 bits per heavy atom. The number of aromatic nitrogens is 1. The lowest BCUT2D eigenvalue weighted by Gasteiger charge is -2.00. The van der Waals surface area contributed by atoms with Gasteiger partial charge < -0.3 is 29.7 Å². The molecule has 1 aromatic carbocycles. The molecule has 0 bridgehead atoms. The van der Waals surface area contributed by atoms with E-state index in [0.29, 0.717) is 0 Å². The standard InChI is InChI=1S/C12H12N2.HI/c1-14-8-6-11(7-9-14)10-2-4-12(13)5-3-10;/h2-9,13H,1H3;1H. The second kappa shape index (κ2) is 5.11. The number of rotatable bonds is 1. The molecule has 1 heterocycles. The van der Waals surface area contributed by atoms with E-state index >= 15 is 0 Å². The van der Waals surface area contributed by atoms with Crippen LogP contribution in [0.1, 0.15) is 0 Å². The molecule has 3 heteroatoms. The summed E-state index contributed by atoms with van der Waals surface area (Å²) in [5, 5.41) is 0. The van der Waals surface area contributed by atoms with Crippen LogP contribution in [0.5, 0.6) is 0 Å². The minimum absolute atomic E-state index is 0. The first kappa shape index (κ1) is 12.0. The van der Waals surface area contributed by atoms with Gasteiger partial charge in [-0.25, -0.2) is 4.57 Å². The van der Waals surface area contributed by atoms with Crippen LogP contribution in [-0.4, -0.2) is 0 Å². The number of benzene rings is 1. The van der Waals surface area contributed by atoms with Crippen molar-refractivity contribution in [3.05, 3.63) is 48.8 Å². The van der Waals surface area contributed by atoms with Crippen molar-refractivity contribution in [2.45, 2.75) is 0 Å². The van der Waals surface area contributed by atoms with Gasteiger partial charge in [-0.05, 0) is 23.3 Å². The Bertz CT molecular complexity index is 377. The molecule has 0 aliphatic rings. The fourth-order valence-electron chi connectivity index (χ4n) is 1.37. The van der Waals surface area contributed by atoms with Crippen LogP contribution >= 0.6 is 0 Å². The summed E-state index contributed by atoms with van der Waals surface area (Å²) in [6, 6.07) is 12.1. The number of pyridine rings is 1. The van der Waals surface area contributed by atoms with E-state index in [2.05, 4.69) is 12.1 Å². The zero-order valence-corrected chi connectivity index (χ0v) is 10.7. The van der Waals surface area contributed by atoms with Gasteiger partial charge in [0.2, 0.25) is 0 Å². The van der Waals surface area contributed by atoms with E-state index in [4.69, 9.17) is 5.73 Å². The molecular weight excluding hydrogens is 299 g/mol. The molecule has 0 saturated carbocycles. The van der Waals surface area contributed by atoms with Crippen LogP contribution in [0, 0.1) is 0 Å². The fourth-order valence-corrected chi connectivity index (χ4v) is 1.37. The third-order valence-electron chi connectivity index (χ3n) is 2.22. The third-order valence-corrected chi connectivity index (χ3v) is 2.22. The van der Waals surface area contributed by atoms with Crippen LogP contribution in [0.2, 0.25) is 0 Å². The Morgan fingerprint density at radius 3 is 1.87 bits per heavy atom. The SMILES string of the molecule is C[n+]1ccc(-c2ccc(N)cc2)cc1.[I-]. The maximum absolute atomic E-state index is 5.62. The third kappa shape index (κ3) is 2.92. The van der Waals surface area contributed by atoms with Gasteiger partial charge in [0.05, 0.1) is 0 Å². The number of nitrogens with zero attached hydrogens (tertiary/aromatic N) is 1. The molecule has 78 valence electrons. The molecule has 0 aliphatic heterocycles. The van der Waals surface area contributed by atoms with Crippen molar-refractivity contribution in [2.75, 3.05) is 5.73 Å². The number of hydrogen-bond acceptors (Lipinski definition) is 1. The molecule has 0 atom stereocenters. The summed E-state index contributed by atoms with van der Waals surface area (Å²) in [4.78, 5) is 0. The van der Waals surface area contributed by atoms with Crippen molar-refractivity contribution in [2.24, 2.45) is 7.05 Å². The Balaban J connectivity index is 0.00000112. The summed E-state index contributed by atoms with van der Waals surface area (Å²) >= 11 is 0.